The fraction of sp³-hybridized carbons (Fsp3) is 0.0256. The minimum absolute atomic E-state index is 0. The van der Waals surface area contributed by atoms with Gasteiger partial charge in [0.15, 0.2) is 0 Å². The first-order valence-electron chi connectivity index (χ1n) is 14.6. The molecule has 0 fully saturated rings. The van der Waals surface area contributed by atoms with Crippen molar-refractivity contribution >= 4 is 42.8 Å². The van der Waals surface area contributed by atoms with E-state index in [1.165, 1.54) is 12.1 Å². The minimum Gasteiger partial charge on any atom is 2.00 e. The summed E-state index contributed by atoms with van der Waals surface area (Å²) in [7, 11) is 0. The van der Waals surface area contributed by atoms with Gasteiger partial charge in [0.25, 0.3) is 0 Å². The van der Waals surface area contributed by atoms with E-state index in [0.29, 0.717) is 17.2 Å². The van der Waals surface area contributed by atoms with Crippen molar-refractivity contribution in [3.63, 3.8) is 0 Å². The number of halogens is 5. The van der Waals surface area contributed by atoms with Crippen molar-refractivity contribution in [1.29, 1.82) is 0 Å². The molecule has 0 bridgehead atoms. The maximum Gasteiger partial charge on any atom is 2.00 e. The molecular weight excluding hydrogens is 953 g/mol. The zero-order valence-corrected chi connectivity index (χ0v) is 31.4. The molecule has 9 heteroatoms. The van der Waals surface area contributed by atoms with E-state index in [-0.39, 0.29) is 36.7 Å². The molecule has 48 heavy (non-hydrogen) atoms. The third kappa shape index (κ3) is 5.62. The predicted octanol–water partition coefficient (Wildman–Crippen LogP) is 10.9. The van der Waals surface area contributed by atoms with Crippen molar-refractivity contribution in [2.24, 2.45) is 4.99 Å². The first-order chi connectivity index (χ1) is 22.9. The zero-order valence-electron chi connectivity index (χ0n) is 25.1. The molecule has 8 rings (SSSR count). The summed E-state index contributed by atoms with van der Waals surface area (Å²) >= 11 is -2.33. The molecule has 0 amide bonds. The van der Waals surface area contributed by atoms with Crippen molar-refractivity contribution in [2.75, 3.05) is 0 Å². The van der Waals surface area contributed by atoms with Gasteiger partial charge in [0, 0.05) is 0 Å². The van der Waals surface area contributed by atoms with Crippen molar-refractivity contribution in [2.45, 2.75) is 6.92 Å². The van der Waals surface area contributed by atoms with E-state index in [0.717, 1.165) is 45.4 Å². The van der Waals surface area contributed by atoms with Crippen LogP contribution in [0.2, 0.25) is 0 Å². The molecule has 0 saturated heterocycles. The van der Waals surface area contributed by atoms with E-state index in [9.17, 15) is 17.6 Å². The Balaban J connectivity index is 0.00000364. The second-order valence-corrected chi connectivity index (χ2v) is 16.1. The van der Waals surface area contributed by atoms with Crippen molar-refractivity contribution < 1.29 is 53.1 Å². The molecule has 0 atom stereocenters. The molecule has 0 radical (unpaired) electrons. The van der Waals surface area contributed by atoms with Gasteiger partial charge in [-0.25, -0.2) is 0 Å². The Kier molecular flexibility index (Phi) is 8.88. The van der Waals surface area contributed by atoms with E-state index in [2.05, 4.69) is 41.5 Å². The number of benzene rings is 6. The second kappa shape index (κ2) is 13.1. The zero-order chi connectivity index (χ0) is 32.2. The molecule has 1 aliphatic rings. The summed E-state index contributed by atoms with van der Waals surface area (Å²) in [5, 5.41) is 0. The van der Waals surface area contributed by atoms with Crippen molar-refractivity contribution in [3.05, 3.63) is 160 Å². The van der Waals surface area contributed by atoms with Crippen LogP contribution in [0.5, 0.6) is 0 Å². The summed E-state index contributed by atoms with van der Waals surface area (Å²) < 4.78 is 67.8. The smallest absolute Gasteiger partial charge is 2.00 e. The minimum atomic E-state index is -2.33. The Morgan fingerprint density at radius 1 is 0.729 bits per heavy atom. The Hall–Kier alpha value is -4.04. The topological polar surface area (TPSA) is 38.4 Å². The molecule has 0 aliphatic carbocycles. The van der Waals surface area contributed by atoms with E-state index in [4.69, 9.17) is 9.40 Å². The molecule has 0 N–H and O–H groups in total. The normalized spacial score (nSPS) is 12.7. The number of oxazole rings is 1. The summed E-state index contributed by atoms with van der Waals surface area (Å²) in [5.41, 5.74) is 4.47. The van der Waals surface area contributed by atoms with Crippen LogP contribution in [0.4, 0.5) is 23.2 Å². The van der Waals surface area contributed by atoms with Gasteiger partial charge in [-0.05, 0) is 0 Å². The van der Waals surface area contributed by atoms with E-state index in [1.807, 2.05) is 54.6 Å². The quantitative estimate of drug-likeness (QED) is 0.0567. The van der Waals surface area contributed by atoms with Gasteiger partial charge in [0.05, 0.1) is 0 Å². The average molecular weight is 975 g/mol. The molecule has 1 aromatic heterocycles. The summed E-state index contributed by atoms with van der Waals surface area (Å²) in [6.07, 6.45) is 3.14. The maximum absolute atomic E-state index is 14.8. The average Bonchev–Trinajstić information content (AvgIpc) is 3.69. The van der Waals surface area contributed by atoms with Crippen LogP contribution in [-0.2, 0) is 0 Å². The van der Waals surface area contributed by atoms with Crippen LogP contribution in [0.3, 0.4) is 0 Å². The third-order valence-electron chi connectivity index (χ3n) is 8.00. The molecular formula is C39H21F4IN2OU. The Bertz CT molecular complexity index is 2310. The van der Waals surface area contributed by atoms with Gasteiger partial charge in [0.1, 0.15) is 0 Å². The van der Waals surface area contributed by atoms with E-state index < -0.39 is 54.2 Å². The number of aromatic nitrogens is 1. The fourth-order valence-corrected chi connectivity index (χ4v) is 11.8. The monoisotopic (exact) mass is 974 g/mol. The van der Waals surface area contributed by atoms with Crippen LogP contribution >= 0.6 is 19.8 Å². The maximum atomic E-state index is 14.8. The molecule has 2 heterocycles. The van der Waals surface area contributed by atoms with Crippen LogP contribution in [0.25, 0.3) is 44.8 Å². The van der Waals surface area contributed by atoms with Crippen molar-refractivity contribution in [1.82, 2.24) is 4.98 Å². The van der Waals surface area contributed by atoms with Gasteiger partial charge in [-0.3, -0.25) is 0 Å². The van der Waals surface area contributed by atoms with Gasteiger partial charge in [-0.15, -0.1) is 0 Å². The van der Waals surface area contributed by atoms with Crippen LogP contribution in [0.15, 0.2) is 119 Å². The Labute approximate surface area is 304 Å². The predicted molar refractivity (Wildman–Crippen MR) is 183 cm³/mol. The third-order valence-corrected chi connectivity index (χ3v) is 14.2. The standard InChI is InChI=1S/C39H21F4IN2O.U/c1-22-35(40)37(42)34(38(43)36(22)41)24-12-15-26(16-13-24)44-30-17-11-23(21-45-27-7-3-2-4-8-27)19-28(30)29-20-25(14-18-31(29)44)39-46-32-9-5-6-10-33(32)47-39;/h2-7,9-20H,1H3;/q-2;+2. The van der Waals surface area contributed by atoms with Crippen LogP contribution in [0.1, 0.15) is 11.1 Å². The van der Waals surface area contributed by atoms with Crippen LogP contribution in [0, 0.1) is 78.1 Å². The molecule has 7 aromatic rings. The summed E-state index contributed by atoms with van der Waals surface area (Å²) in [6, 6.07) is 37.0. The van der Waals surface area contributed by atoms with Crippen LogP contribution < -0.4 is 0 Å². The SMILES string of the molecule is Cc1c(F)c(F)c(-c2ccc(I3c4ccc([C-]=Nc5[c-]cccc5)cc4-c4cc(-c5nc6ccccc6o5)ccc43)cc2)c(F)c1F.[U+2]. The molecule has 0 saturated carbocycles. The Morgan fingerprint density at radius 3 is 2.10 bits per heavy atom. The van der Waals surface area contributed by atoms with E-state index >= 15 is 0 Å². The summed E-state index contributed by atoms with van der Waals surface area (Å²) in [4.78, 5) is 9.16. The molecule has 232 valence electrons. The molecule has 0 spiro atoms. The second-order valence-electron chi connectivity index (χ2n) is 10.9. The first-order valence-corrected chi connectivity index (χ1v) is 17.8. The number of aliphatic imine (C=N–C) groups is 1. The molecule has 3 nitrogen and oxygen atoms in total. The molecule has 1 aliphatic heterocycles. The molecule has 6 aromatic carbocycles. The number of nitrogens with zero attached hydrogens (tertiary/aromatic N) is 2. The number of hydrogen-bond donors (Lipinski definition) is 0. The van der Waals surface area contributed by atoms with Gasteiger partial charge in [0.2, 0.25) is 0 Å². The van der Waals surface area contributed by atoms with Gasteiger partial charge < -0.3 is 0 Å². The van der Waals surface area contributed by atoms with Gasteiger partial charge >= 0.3 is 307 Å². The van der Waals surface area contributed by atoms with E-state index in [1.54, 1.807) is 18.2 Å². The van der Waals surface area contributed by atoms with Gasteiger partial charge in [-0.1, -0.05) is 0 Å². The van der Waals surface area contributed by atoms with Crippen LogP contribution in [-0.4, -0.2) is 11.2 Å². The number of hydrogen-bond acceptors (Lipinski definition) is 3. The van der Waals surface area contributed by atoms with Gasteiger partial charge in [-0.2, -0.15) is 0 Å². The largest absolute Gasteiger partial charge is 2.00 e. The number of para-hydroxylation sites is 3. The molecule has 0 unspecified atom stereocenters. The fourth-order valence-electron chi connectivity index (χ4n) is 5.65. The number of fused-ring (bicyclic) bond motifs is 4. The summed E-state index contributed by atoms with van der Waals surface area (Å²) in [5.74, 6) is -5.09. The summed E-state index contributed by atoms with van der Waals surface area (Å²) in [6.45, 7) is 1.01. The Morgan fingerprint density at radius 2 is 1.40 bits per heavy atom. The first kappa shape index (κ1) is 32.5. The number of rotatable bonds is 5. The van der Waals surface area contributed by atoms with Crippen molar-refractivity contribution in [3.8, 4) is 33.7 Å².